The third-order valence-electron chi connectivity index (χ3n) is 4.00. The van der Waals surface area contributed by atoms with E-state index in [0.717, 1.165) is 24.0 Å². The lowest BCUT2D eigenvalue weighted by molar-refractivity contribution is 0.448. The van der Waals surface area contributed by atoms with Crippen molar-refractivity contribution >= 4 is 10.0 Å². The zero-order chi connectivity index (χ0) is 15.6. The molecule has 2 unspecified atom stereocenters. The highest BCUT2D eigenvalue weighted by atomic mass is 32.2. The van der Waals surface area contributed by atoms with Crippen molar-refractivity contribution in [3.8, 4) is 0 Å². The van der Waals surface area contributed by atoms with Crippen LogP contribution in [-0.2, 0) is 10.0 Å². The van der Waals surface area contributed by atoms with Crippen molar-refractivity contribution < 1.29 is 8.42 Å². The molecule has 0 aliphatic heterocycles. The number of aryl methyl sites for hydroxylation is 1. The van der Waals surface area contributed by atoms with Gasteiger partial charge in [0, 0.05) is 6.04 Å². The Kier molecular flexibility index (Phi) is 4.69. The molecule has 1 N–H and O–H groups in total. The monoisotopic (exact) mass is 305 g/mol. The summed E-state index contributed by atoms with van der Waals surface area (Å²) < 4.78 is 27.9. The first kappa shape index (κ1) is 16.0. The molecular weight excluding hydrogens is 282 g/mol. The Hall–Kier alpha value is -1.39. The van der Waals surface area contributed by atoms with Crippen LogP contribution in [0.3, 0.4) is 0 Å². The topological polar surface area (TPSA) is 46.2 Å². The van der Waals surface area contributed by atoms with E-state index in [-0.39, 0.29) is 12.0 Å². The summed E-state index contributed by atoms with van der Waals surface area (Å²) in [5.74, 6) is 0.161. The van der Waals surface area contributed by atoms with Crippen molar-refractivity contribution in [1.29, 1.82) is 0 Å². The summed E-state index contributed by atoms with van der Waals surface area (Å²) in [6.45, 7) is 9.95. The maximum atomic E-state index is 12.5. The fraction of sp³-hybridized carbons (Fsp3) is 0.412. The molecule has 21 heavy (non-hydrogen) atoms. The van der Waals surface area contributed by atoms with Gasteiger partial charge in [0.15, 0.2) is 0 Å². The summed E-state index contributed by atoms with van der Waals surface area (Å²) in [4.78, 5) is 0.310. The molecule has 0 saturated heterocycles. The maximum absolute atomic E-state index is 12.5. The van der Waals surface area contributed by atoms with Crippen LogP contribution in [0.2, 0.25) is 0 Å². The molecule has 0 saturated carbocycles. The number of benzene rings is 1. The highest BCUT2D eigenvalue weighted by Gasteiger charge is 2.28. The SMILES string of the molecule is C=C(C)C1CCC(C)=CC1NS(=O)(=O)c1ccc(C)cc1. The van der Waals surface area contributed by atoms with E-state index >= 15 is 0 Å². The van der Waals surface area contributed by atoms with E-state index < -0.39 is 10.0 Å². The number of hydrogen-bond donors (Lipinski definition) is 1. The highest BCUT2D eigenvalue weighted by Crippen LogP contribution is 2.29. The highest BCUT2D eigenvalue weighted by molar-refractivity contribution is 7.89. The van der Waals surface area contributed by atoms with Crippen molar-refractivity contribution in [1.82, 2.24) is 4.72 Å². The van der Waals surface area contributed by atoms with Crippen molar-refractivity contribution in [2.75, 3.05) is 0 Å². The van der Waals surface area contributed by atoms with Gasteiger partial charge in [-0.2, -0.15) is 0 Å². The lowest BCUT2D eigenvalue weighted by Gasteiger charge is -2.30. The predicted octanol–water partition coefficient (Wildman–Crippen LogP) is 3.57. The van der Waals surface area contributed by atoms with Crippen LogP contribution in [0, 0.1) is 12.8 Å². The summed E-state index contributed by atoms with van der Waals surface area (Å²) in [6.07, 6.45) is 3.97. The first-order chi connectivity index (χ1) is 9.79. The molecule has 0 aromatic heterocycles. The number of allylic oxidation sites excluding steroid dienone is 1. The van der Waals surface area contributed by atoms with E-state index in [1.165, 1.54) is 5.57 Å². The number of hydrogen-bond acceptors (Lipinski definition) is 2. The lowest BCUT2D eigenvalue weighted by atomic mass is 9.82. The second kappa shape index (κ2) is 6.16. The second-order valence-corrected chi connectivity index (χ2v) is 7.68. The molecule has 1 aromatic carbocycles. The van der Waals surface area contributed by atoms with E-state index in [1.807, 2.05) is 39.0 Å². The van der Waals surface area contributed by atoms with Crippen LogP contribution in [0.1, 0.15) is 32.3 Å². The molecule has 1 aliphatic carbocycles. The Morgan fingerprint density at radius 1 is 1.24 bits per heavy atom. The number of nitrogens with one attached hydrogen (secondary N) is 1. The molecule has 0 bridgehead atoms. The van der Waals surface area contributed by atoms with E-state index in [2.05, 4.69) is 11.3 Å². The zero-order valence-corrected chi connectivity index (χ0v) is 13.7. The lowest BCUT2D eigenvalue weighted by Crippen LogP contribution is -2.41. The summed E-state index contributed by atoms with van der Waals surface area (Å²) >= 11 is 0. The second-order valence-electron chi connectivity index (χ2n) is 5.96. The third kappa shape index (κ3) is 3.83. The average molecular weight is 305 g/mol. The van der Waals surface area contributed by atoms with Gasteiger partial charge in [0.2, 0.25) is 10.0 Å². The van der Waals surface area contributed by atoms with Crippen LogP contribution in [0.5, 0.6) is 0 Å². The third-order valence-corrected chi connectivity index (χ3v) is 5.48. The van der Waals surface area contributed by atoms with E-state index in [0.29, 0.717) is 4.90 Å². The van der Waals surface area contributed by atoms with Gasteiger partial charge in [-0.25, -0.2) is 13.1 Å². The molecule has 114 valence electrons. The zero-order valence-electron chi connectivity index (χ0n) is 12.9. The van der Waals surface area contributed by atoms with Gasteiger partial charge in [-0.05, 0) is 51.7 Å². The molecule has 2 atom stereocenters. The molecule has 1 aromatic rings. The molecule has 0 heterocycles. The predicted molar refractivity (Wildman–Crippen MR) is 86.6 cm³/mol. The summed E-state index contributed by atoms with van der Waals surface area (Å²) in [6, 6.07) is 6.71. The first-order valence-electron chi connectivity index (χ1n) is 7.21. The van der Waals surface area contributed by atoms with Gasteiger partial charge in [0.25, 0.3) is 0 Å². The molecule has 2 rings (SSSR count). The molecule has 0 amide bonds. The fourth-order valence-corrected chi connectivity index (χ4v) is 3.92. The maximum Gasteiger partial charge on any atom is 0.241 e. The molecule has 4 heteroatoms. The Labute approximate surface area is 127 Å². The van der Waals surface area contributed by atoms with E-state index in [4.69, 9.17) is 0 Å². The smallest absolute Gasteiger partial charge is 0.207 e. The van der Waals surface area contributed by atoms with E-state index in [9.17, 15) is 8.42 Å². The first-order valence-corrected chi connectivity index (χ1v) is 8.69. The van der Waals surface area contributed by atoms with Gasteiger partial charge >= 0.3 is 0 Å². The molecule has 1 aliphatic rings. The van der Waals surface area contributed by atoms with Gasteiger partial charge in [0.1, 0.15) is 0 Å². The Balaban J connectivity index is 2.27. The van der Waals surface area contributed by atoms with Gasteiger partial charge in [0.05, 0.1) is 4.90 Å². The normalized spacial score (nSPS) is 22.7. The van der Waals surface area contributed by atoms with Crippen LogP contribution in [0.4, 0.5) is 0 Å². The number of sulfonamides is 1. The van der Waals surface area contributed by atoms with Gasteiger partial charge in [-0.1, -0.05) is 41.5 Å². The minimum absolute atomic E-state index is 0.161. The molecule has 3 nitrogen and oxygen atoms in total. The molecule has 0 fully saturated rings. The Morgan fingerprint density at radius 3 is 2.43 bits per heavy atom. The molecular formula is C17H23NO2S. The Morgan fingerprint density at radius 2 is 1.86 bits per heavy atom. The fourth-order valence-electron chi connectivity index (χ4n) is 2.70. The average Bonchev–Trinajstić information content (AvgIpc) is 2.38. The summed E-state index contributed by atoms with van der Waals surface area (Å²) in [7, 11) is -3.50. The van der Waals surface area contributed by atoms with Crippen LogP contribution in [0.15, 0.2) is 53.0 Å². The van der Waals surface area contributed by atoms with E-state index in [1.54, 1.807) is 12.1 Å². The van der Waals surface area contributed by atoms with Crippen molar-refractivity contribution in [2.24, 2.45) is 5.92 Å². The Bertz CT molecular complexity index is 657. The van der Waals surface area contributed by atoms with Crippen LogP contribution < -0.4 is 4.72 Å². The van der Waals surface area contributed by atoms with Crippen molar-refractivity contribution in [2.45, 2.75) is 44.6 Å². The molecule has 0 spiro atoms. The summed E-state index contributed by atoms with van der Waals surface area (Å²) in [5, 5.41) is 0. The minimum atomic E-state index is -3.50. The number of rotatable bonds is 4. The molecule has 0 radical (unpaired) electrons. The van der Waals surface area contributed by atoms with Gasteiger partial charge in [-0.3, -0.25) is 0 Å². The van der Waals surface area contributed by atoms with Crippen molar-refractivity contribution in [3.05, 3.63) is 53.6 Å². The largest absolute Gasteiger partial charge is 0.241 e. The quantitative estimate of drug-likeness (QED) is 0.864. The van der Waals surface area contributed by atoms with Crippen LogP contribution in [0.25, 0.3) is 0 Å². The van der Waals surface area contributed by atoms with Gasteiger partial charge < -0.3 is 0 Å². The summed E-state index contributed by atoms with van der Waals surface area (Å²) in [5.41, 5.74) is 3.29. The van der Waals surface area contributed by atoms with Crippen LogP contribution in [-0.4, -0.2) is 14.5 Å². The minimum Gasteiger partial charge on any atom is -0.207 e. The van der Waals surface area contributed by atoms with Crippen molar-refractivity contribution in [3.63, 3.8) is 0 Å². The standard InChI is InChI=1S/C17H23NO2S/c1-12(2)16-10-7-14(4)11-17(16)18-21(19,20)15-8-5-13(3)6-9-15/h5-6,8-9,11,16-18H,1,7,10H2,2-4H3. The van der Waals surface area contributed by atoms with Crippen LogP contribution >= 0.6 is 0 Å². The van der Waals surface area contributed by atoms with Gasteiger partial charge in [-0.15, -0.1) is 0 Å².